The van der Waals surface area contributed by atoms with Crippen LogP contribution in [0.1, 0.15) is 50.8 Å². The minimum absolute atomic E-state index is 0.0228. The second-order valence-electron chi connectivity index (χ2n) is 4.27. The first kappa shape index (κ1) is 10.9. The fourth-order valence-electron chi connectivity index (χ4n) is 2.10. The van der Waals surface area contributed by atoms with Gasteiger partial charge in [0.2, 0.25) is 5.78 Å². The molecule has 1 aliphatic carbocycles. The Kier molecular flexibility index (Phi) is 2.21. The maximum atomic E-state index is 12.2. The number of hydrogen-bond donors (Lipinski definition) is 1. The summed E-state index contributed by atoms with van der Waals surface area (Å²) < 4.78 is 5.29. The molecule has 18 heavy (non-hydrogen) atoms. The molecule has 1 aliphatic rings. The molecule has 1 heterocycles. The lowest BCUT2D eigenvalue weighted by molar-refractivity contribution is 0.0953. The first-order valence-corrected chi connectivity index (χ1v) is 5.60. The van der Waals surface area contributed by atoms with Crippen molar-refractivity contribution in [2.24, 2.45) is 0 Å². The number of carbonyl (C=O) groups is 2. The minimum atomic E-state index is -0.848. The maximum Gasteiger partial charge on any atom is 0.229 e. The number of aliphatic hydroxyl groups excluding tert-OH is 1. The highest BCUT2D eigenvalue weighted by molar-refractivity contribution is 6.27. The number of furan rings is 1. The summed E-state index contributed by atoms with van der Waals surface area (Å²) in [5.41, 5.74) is 0.962. The van der Waals surface area contributed by atoms with Gasteiger partial charge in [-0.2, -0.15) is 0 Å². The van der Waals surface area contributed by atoms with Gasteiger partial charge in [0.1, 0.15) is 11.9 Å². The smallest absolute Gasteiger partial charge is 0.229 e. The van der Waals surface area contributed by atoms with E-state index >= 15 is 0 Å². The third-order valence-corrected chi connectivity index (χ3v) is 3.03. The minimum Gasteiger partial charge on any atom is -0.454 e. The van der Waals surface area contributed by atoms with Gasteiger partial charge in [-0.1, -0.05) is 24.3 Å². The average Bonchev–Trinajstić information content (AvgIpc) is 2.81. The number of hydrogen-bond acceptors (Lipinski definition) is 4. The van der Waals surface area contributed by atoms with E-state index in [1.54, 1.807) is 24.3 Å². The SMILES string of the molecule is C[C@H](O)c1cc2c(o1)C(=O)c1ccccc1C2=O. The molecular formula is C14H10O4. The van der Waals surface area contributed by atoms with E-state index in [-0.39, 0.29) is 28.7 Å². The fraction of sp³-hybridized carbons (Fsp3) is 0.143. The molecule has 0 spiro atoms. The molecule has 3 rings (SSSR count). The molecule has 4 nitrogen and oxygen atoms in total. The van der Waals surface area contributed by atoms with Gasteiger partial charge in [-0.05, 0) is 13.0 Å². The molecule has 0 aliphatic heterocycles. The highest BCUT2D eigenvalue weighted by Crippen LogP contribution is 2.31. The molecule has 0 fully saturated rings. The zero-order valence-corrected chi connectivity index (χ0v) is 9.64. The van der Waals surface area contributed by atoms with E-state index in [2.05, 4.69) is 0 Å². The largest absolute Gasteiger partial charge is 0.454 e. The van der Waals surface area contributed by atoms with Crippen LogP contribution in [0.5, 0.6) is 0 Å². The van der Waals surface area contributed by atoms with Gasteiger partial charge in [0.15, 0.2) is 11.5 Å². The maximum absolute atomic E-state index is 12.2. The molecular weight excluding hydrogens is 232 g/mol. The molecule has 1 aromatic carbocycles. The Balaban J connectivity index is 2.24. The van der Waals surface area contributed by atoms with Gasteiger partial charge in [0.05, 0.1) is 5.56 Å². The van der Waals surface area contributed by atoms with Gasteiger partial charge >= 0.3 is 0 Å². The molecule has 0 unspecified atom stereocenters. The lowest BCUT2D eigenvalue weighted by Crippen LogP contribution is -2.18. The van der Waals surface area contributed by atoms with E-state index in [4.69, 9.17) is 4.42 Å². The summed E-state index contributed by atoms with van der Waals surface area (Å²) in [6.07, 6.45) is -0.848. The van der Waals surface area contributed by atoms with Crippen LogP contribution in [-0.2, 0) is 0 Å². The Bertz CT molecular complexity index is 612. The molecule has 0 saturated carbocycles. The monoisotopic (exact) mass is 242 g/mol. The third kappa shape index (κ3) is 1.36. The van der Waals surface area contributed by atoms with Crippen LogP contribution in [-0.4, -0.2) is 16.7 Å². The van der Waals surface area contributed by atoms with Crippen LogP contribution < -0.4 is 0 Å². The normalized spacial score (nSPS) is 15.2. The highest BCUT2D eigenvalue weighted by Gasteiger charge is 2.33. The van der Waals surface area contributed by atoms with Crippen LogP contribution in [0.2, 0.25) is 0 Å². The van der Waals surface area contributed by atoms with Gasteiger partial charge in [0, 0.05) is 11.1 Å². The van der Waals surface area contributed by atoms with Crippen molar-refractivity contribution in [3.05, 3.63) is 58.5 Å². The van der Waals surface area contributed by atoms with E-state index in [1.165, 1.54) is 13.0 Å². The molecule has 1 N–H and O–H groups in total. The predicted octanol–water partition coefficient (Wildman–Crippen LogP) is 2.11. The Morgan fingerprint density at radius 2 is 1.67 bits per heavy atom. The standard InChI is InChI=1S/C14H10O4/c1-7(15)11-6-10-12(16)8-4-2-3-5-9(8)13(17)14(10)18-11/h2-7,15H,1H3/t7-/m0/s1. The van der Waals surface area contributed by atoms with Gasteiger partial charge in [-0.3, -0.25) is 9.59 Å². The van der Waals surface area contributed by atoms with Crippen LogP contribution in [0.15, 0.2) is 34.7 Å². The van der Waals surface area contributed by atoms with Crippen LogP contribution in [0.25, 0.3) is 0 Å². The summed E-state index contributed by atoms with van der Waals surface area (Å²) in [6.45, 7) is 1.52. The summed E-state index contributed by atoms with van der Waals surface area (Å²) in [7, 11) is 0. The van der Waals surface area contributed by atoms with Crippen molar-refractivity contribution in [2.45, 2.75) is 13.0 Å². The van der Waals surface area contributed by atoms with Gasteiger partial charge in [0.25, 0.3) is 0 Å². The molecule has 0 radical (unpaired) electrons. The van der Waals surface area contributed by atoms with E-state index in [9.17, 15) is 14.7 Å². The van der Waals surface area contributed by atoms with Crippen LogP contribution in [0.4, 0.5) is 0 Å². The van der Waals surface area contributed by atoms with Gasteiger partial charge in [-0.15, -0.1) is 0 Å². The van der Waals surface area contributed by atoms with E-state index in [1.807, 2.05) is 0 Å². The van der Waals surface area contributed by atoms with Crippen molar-refractivity contribution in [3.63, 3.8) is 0 Å². The number of ketones is 2. The zero-order valence-electron chi connectivity index (χ0n) is 9.64. The van der Waals surface area contributed by atoms with Gasteiger partial charge in [-0.25, -0.2) is 0 Å². The molecule has 4 heteroatoms. The summed E-state index contributed by atoms with van der Waals surface area (Å²) in [5.74, 6) is -0.299. The van der Waals surface area contributed by atoms with Crippen LogP contribution in [0.3, 0.4) is 0 Å². The summed E-state index contributed by atoms with van der Waals surface area (Å²) in [5, 5.41) is 9.45. The molecule has 0 bridgehead atoms. The van der Waals surface area contributed by atoms with E-state index in [0.29, 0.717) is 11.1 Å². The summed E-state index contributed by atoms with van der Waals surface area (Å²) in [6, 6.07) is 8.07. The van der Waals surface area contributed by atoms with Crippen LogP contribution in [0, 0.1) is 0 Å². The molecule has 2 aromatic rings. The number of carbonyl (C=O) groups excluding carboxylic acids is 2. The van der Waals surface area contributed by atoms with Crippen molar-refractivity contribution >= 4 is 11.6 Å². The van der Waals surface area contributed by atoms with E-state index in [0.717, 1.165) is 0 Å². The molecule has 90 valence electrons. The second-order valence-corrected chi connectivity index (χ2v) is 4.27. The summed E-state index contributed by atoms with van der Waals surface area (Å²) in [4.78, 5) is 24.4. The second kappa shape index (κ2) is 3.65. The van der Waals surface area contributed by atoms with Crippen molar-refractivity contribution in [1.29, 1.82) is 0 Å². The Labute approximate surface area is 103 Å². The van der Waals surface area contributed by atoms with Crippen molar-refractivity contribution in [2.75, 3.05) is 0 Å². The average molecular weight is 242 g/mol. The van der Waals surface area contributed by atoms with Crippen molar-refractivity contribution < 1.29 is 19.1 Å². The number of aliphatic hydroxyl groups is 1. The van der Waals surface area contributed by atoms with E-state index < -0.39 is 6.10 Å². The Morgan fingerprint density at radius 1 is 1.06 bits per heavy atom. The summed E-state index contributed by atoms with van der Waals surface area (Å²) >= 11 is 0. The molecule has 0 amide bonds. The van der Waals surface area contributed by atoms with Crippen molar-refractivity contribution in [3.8, 4) is 0 Å². The quantitative estimate of drug-likeness (QED) is 0.709. The van der Waals surface area contributed by atoms with Gasteiger partial charge < -0.3 is 9.52 Å². The Hall–Kier alpha value is -2.20. The Morgan fingerprint density at radius 3 is 2.28 bits per heavy atom. The molecule has 1 atom stereocenters. The molecule has 1 aromatic heterocycles. The van der Waals surface area contributed by atoms with Crippen molar-refractivity contribution in [1.82, 2.24) is 0 Å². The number of fused-ring (bicyclic) bond motifs is 2. The first-order chi connectivity index (χ1) is 8.59. The topological polar surface area (TPSA) is 67.5 Å². The highest BCUT2D eigenvalue weighted by atomic mass is 16.4. The number of rotatable bonds is 1. The predicted molar refractivity (Wildman–Crippen MR) is 62.6 cm³/mol. The lowest BCUT2D eigenvalue weighted by atomic mass is 9.88. The lowest BCUT2D eigenvalue weighted by Gasteiger charge is -2.11. The fourth-order valence-corrected chi connectivity index (χ4v) is 2.10. The van der Waals surface area contributed by atoms with Crippen LogP contribution >= 0.6 is 0 Å². The third-order valence-electron chi connectivity index (χ3n) is 3.03. The first-order valence-electron chi connectivity index (χ1n) is 5.60. The molecule has 0 saturated heterocycles. The zero-order chi connectivity index (χ0) is 12.9. The number of benzene rings is 1.